The van der Waals surface area contributed by atoms with E-state index in [4.69, 9.17) is 0 Å². The molecule has 0 aliphatic carbocycles. The number of rotatable bonds is 4. The molecule has 5 nitrogen and oxygen atoms in total. The van der Waals surface area contributed by atoms with Gasteiger partial charge >= 0.3 is 6.03 Å². The third-order valence-corrected chi connectivity index (χ3v) is 4.98. The van der Waals surface area contributed by atoms with Gasteiger partial charge in [-0.15, -0.1) is 0 Å². The average molecular weight is 316 g/mol. The van der Waals surface area contributed by atoms with Gasteiger partial charge in [-0.25, -0.2) is 4.79 Å². The molecule has 0 spiro atoms. The molecule has 3 rings (SSSR count). The first kappa shape index (κ1) is 16.3. The lowest BCUT2D eigenvalue weighted by atomic mass is 10.2. The summed E-state index contributed by atoms with van der Waals surface area (Å²) in [7, 11) is 2.17. The van der Waals surface area contributed by atoms with Crippen molar-refractivity contribution in [3.05, 3.63) is 29.8 Å². The molecule has 0 saturated carbocycles. The lowest BCUT2D eigenvalue weighted by Gasteiger charge is -2.33. The predicted octanol–water partition coefficient (Wildman–Crippen LogP) is 1.78. The van der Waals surface area contributed by atoms with Gasteiger partial charge in [-0.05, 0) is 38.4 Å². The smallest absolute Gasteiger partial charge is 0.322 e. The maximum atomic E-state index is 12.5. The van der Waals surface area contributed by atoms with E-state index in [1.807, 2.05) is 23.1 Å². The first-order valence-electron chi connectivity index (χ1n) is 8.70. The third-order valence-electron chi connectivity index (χ3n) is 4.98. The van der Waals surface area contributed by atoms with Crippen LogP contribution in [-0.4, -0.2) is 68.2 Å². The van der Waals surface area contributed by atoms with Crippen LogP contribution in [0.4, 0.5) is 10.5 Å². The highest BCUT2D eigenvalue weighted by Crippen LogP contribution is 2.27. The van der Waals surface area contributed by atoms with Crippen molar-refractivity contribution in [3.63, 3.8) is 0 Å². The highest BCUT2D eigenvalue weighted by atomic mass is 16.2. The maximum absolute atomic E-state index is 12.5. The number of likely N-dealkylation sites (N-methyl/N-ethyl adjacent to an activating group) is 1. The lowest BCUT2D eigenvalue weighted by Crippen LogP contribution is -2.47. The van der Waals surface area contributed by atoms with Crippen LogP contribution in [0.25, 0.3) is 0 Å². The first-order chi connectivity index (χ1) is 11.1. The fourth-order valence-corrected chi connectivity index (χ4v) is 3.36. The SMILES string of the molecule is CC(CCN1CCN(C)CC1)NC(=O)N1CCc2ccccc21. The number of carbonyl (C=O) groups excluding carboxylic acids is 1. The maximum Gasteiger partial charge on any atom is 0.322 e. The van der Waals surface area contributed by atoms with E-state index in [0.29, 0.717) is 0 Å². The summed E-state index contributed by atoms with van der Waals surface area (Å²) in [5.41, 5.74) is 2.34. The van der Waals surface area contributed by atoms with Crippen LogP contribution in [0.15, 0.2) is 24.3 Å². The standard InChI is InChI=1S/C18H28N4O/c1-15(7-9-21-13-11-20(2)12-14-21)19-18(23)22-10-8-16-5-3-4-6-17(16)22/h3-6,15H,7-14H2,1-2H3,(H,19,23). The molecular weight excluding hydrogens is 288 g/mol. The number of urea groups is 1. The molecule has 0 radical (unpaired) electrons. The summed E-state index contributed by atoms with van der Waals surface area (Å²) < 4.78 is 0. The summed E-state index contributed by atoms with van der Waals surface area (Å²) in [5.74, 6) is 0. The molecule has 5 heteroatoms. The lowest BCUT2D eigenvalue weighted by molar-refractivity contribution is 0.149. The first-order valence-corrected chi connectivity index (χ1v) is 8.70. The van der Waals surface area contributed by atoms with Gasteiger partial charge < -0.3 is 15.1 Å². The Morgan fingerprint density at radius 2 is 1.91 bits per heavy atom. The van der Waals surface area contributed by atoms with Gasteiger partial charge in [0.05, 0.1) is 0 Å². The van der Waals surface area contributed by atoms with Gasteiger partial charge in [0.1, 0.15) is 0 Å². The Kier molecular flexibility index (Phi) is 5.18. The van der Waals surface area contributed by atoms with Crippen molar-refractivity contribution in [2.24, 2.45) is 0 Å². The van der Waals surface area contributed by atoms with Gasteiger partial charge in [0.25, 0.3) is 0 Å². The number of amides is 2. The van der Waals surface area contributed by atoms with Crippen molar-refractivity contribution in [3.8, 4) is 0 Å². The van der Waals surface area contributed by atoms with E-state index in [0.717, 1.165) is 57.8 Å². The Morgan fingerprint density at radius 3 is 2.70 bits per heavy atom. The fraction of sp³-hybridized carbons (Fsp3) is 0.611. The molecule has 126 valence electrons. The van der Waals surface area contributed by atoms with Crippen molar-refractivity contribution in [2.75, 3.05) is 51.2 Å². The van der Waals surface area contributed by atoms with Crippen LogP contribution < -0.4 is 10.2 Å². The summed E-state index contributed by atoms with van der Waals surface area (Å²) in [6.07, 6.45) is 1.96. The van der Waals surface area contributed by atoms with Gasteiger partial charge in [0, 0.05) is 51.0 Å². The van der Waals surface area contributed by atoms with Crippen molar-refractivity contribution in [1.82, 2.24) is 15.1 Å². The summed E-state index contributed by atoms with van der Waals surface area (Å²) in [6.45, 7) is 8.52. The van der Waals surface area contributed by atoms with Crippen molar-refractivity contribution in [1.29, 1.82) is 0 Å². The number of piperazine rings is 1. The van der Waals surface area contributed by atoms with Crippen LogP contribution >= 0.6 is 0 Å². The summed E-state index contributed by atoms with van der Waals surface area (Å²) in [6, 6.07) is 8.44. The number of carbonyl (C=O) groups is 1. The number of fused-ring (bicyclic) bond motifs is 1. The number of hydrogen-bond acceptors (Lipinski definition) is 3. The van der Waals surface area contributed by atoms with Gasteiger partial charge in [0.15, 0.2) is 0 Å². The van der Waals surface area contributed by atoms with Crippen molar-refractivity contribution in [2.45, 2.75) is 25.8 Å². The van der Waals surface area contributed by atoms with Crippen LogP contribution in [0.5, 0.6) is 0 Å². The zero-order valence-electron chi connectivity index (χ0n) is 14.3. The highest BCUT2D eigenvalue weighted by molar-refractivity contribution is 5.94. The van der Waals surface area contributed by atoms with E-state index in [9.17, 15) is 4.79 Å². The topological polar surface area (TPSA) is 38.8 Å². The summed E-state index contributed by atoms with van der Waals surface area (Å²) in [5, 5.41) is 3.16. The number of anilines is 1. The van der Waals surface area contributed by atoms with Crippen LogP contribution in [0, 0.1) is 0 Å². The van der Waals surface area contributed by atoms with Gasteiger partial charge in [-0.2, -0.15) is 0 Å². The monoisotopic (exact) mass is 316 g/mol. The largest absolute Gasteiger partial charge is 0.335 e. The number of benzene rings is 1. The van der Waals surface area contributed by atoms with E-state index in [2.05, 4.69) is 35.2 Å². The minimum Gasteiger partial charge on any atom is -0.335 e. The third kappa shape index (κ3) is 4.03. The molecule has 1 saturated heterocycles. The molecule has 1 fully saturated rings. The average Bonchev–Trinajstić information content (AvgIpc) is 2.98. The molecule has 2 heterocycles. The Labute approximate surface area is 139 Å². The molecule has 2 aliphatic rings. The number of hydrogen-bond donors (Lipinski definition) is 1. The van der Waals surface area contributed by atoms with E-state index in [1.54, 1.807) is 0 Å². The minimum absolute atomic E-state index is 0.0424. The molecule has 1 aromatic carbocycles. The van der Waals surface area contributed by atoms with Crippen molar-refractivity contribution < 1.29 is 4.79 Å². The number of nitrogens with one attached hydrogen (secondary N) is 1. The molecule has 0 aromatic heterocycles. The number of para-hydroxylation sites is 1. The van der Waals surface area contributed by atoms with E-state index in [-0.39, 0.29) is 12.1 Å². The Bertz CT molecular complexity index is 540. The second kappa shape index (κ2) is 7.32. The molecule has 2 aliphatic heterocycles. The van der Waals surface area contributed by atoms with Crippen LogP contribution in [0.3, 0.4) is 0 Å². The Balaban J connectivity index is 1.45. The van der Waals surface area contributed by atoms with Gasteiger partial charge in [0.2, 0.25) is 0 Å². The fourth-order valence-electron chi connectivity index (χ4n) is 3.36. The van der Waals surface area contributed by atoms with Crippen LogP contribution in [0.1, 0.15) is 18.9 Å². The number of nitrogens with zero attached hydrogens (tertiary/aromatic N) is 3. The second-order valence-electron chi connectivity index (χ2n) is 6.81. The zero-order chi connectivity index (χ0) is 16.2. The van der Waals surface area contributed by atoms with E-state index in [1.165, 1.54) is 5.56 Å². The normalized spacial score (nSPS) is 20.3. The molecule has 1 unspecified atom stereocenters. The van der Waals surface area contributed by atoms with Crippen LogP contribution in [0.2, 0.25) is 0 Å². The predicted molar refractivity (Wildman–Crippen MR) is 94.0 cm³/mol. The Morgan fingerprint density at radius 1 is 1.17 bits per heavy atom. The molecule has 1 N–H and O–H groups in total. The minimum atomic E-state index is 0.0424. The van der Waals surface area contributed by atoms with Crippen molar-refractivity contribution >= 4 is 11.7 Å². The summed E-state index contributed by atoms with van der Waals surface area (Å²) >= 11 is 0. The summed E-state index contributed by atoms with van der Waals surface area (Å²) in [4.78, 5) is 19.2. The molecular formula is C18H28N4O. The molecule has 1 atom stereocenters. The molecule has 0 bridgehead atoms. The quantitative estimate of drug-likeness (QED) is 0.920. The van der Waals surface area contributed by atoms with Crippen LogP contribution in [-0.2, 0) is 6.42 Å². The van der Waals surface area contributed by atoms with E-state index >= 15 is 0 Å². The van der Waals surface area contributed by atoms with E-state index < -0.39 is 0 Å². The highest BCUT2D eigenvalue weighted by Gasteiger charge is 2.25. The molecule has 1 aromatic rings. The Hall–Kier alpha value is -1.59. The van der Waals surface area contributed by atoms with Gasteiger partial charge in [-0.1, -0.05) is 18.2 Å². The van der Waals surface area contributed by atoms with Gasteiger partial charge in [-0.3, -0.25) is 4.90 Å². The molecule has 23 heavy (non-hydrogen) atoms. The zero-order valence-corrected chi connectivity index (χ0v) is 14.3. The second-order valence-corrected chi connectivity index (χ2v) is 6.81. The molecule has 2 amide bonds.